The van der Waals surface area contributed by atoms with Crippen molar-refractivity contribution < 1.29 is 19.4 Å². The zero-order chi connectivity index (χ0) is 16.4. The van der Waals surface area contributed by atoms with Crippen LogP contribution in [0.2, 0.25) is 0 Å². The minimum atomic E-state index is -0.520. The van der Waals surface area contributed by atoms with Crippen LogP contribution in [-0.2, 0) is 16.1 Å². The third kappa shape index (κ3) is 7.64. The molecule has 122 valence electrons. The highest BCUT2D eigenvalue weighted by molar-refractivity contribution is 5.76. The molecule has 1 aromatic carbocycles. The van der Waals surface area contributed by atoms with E-state index >= 15 is 0 Å². The number of hydrogen-bond donors (Lipinski definition) is 3. The molecule has 0 atom stereocenters. The van der Waals surface area contributed by atoms with Gasteiger partial charge in [0.2, 0.25) is 5.91 Å². The van der Waals surface area contributed by atoms with E-state index in [9.17, 15) is 9.59 Å². The van der Waals surface area contributed by atoms with E-state index < -0.39 is 11.5 Å². The first-order chi connectivity index (χ1) is 10.4. The molecule has 0 fully saturated rings. The van der Waals surface area contributed by atoms with E-state index in [4.69, 9.17) is 9.84 Å². The number of ether oxygens (including phenoxy) is 1. The zero-order valence-electron chi connectivity index (χ0n) is 13.1. The van der Waals surface area contributed by atoms with E-state index in [1.165, 1.54) is 0 Å². The highest BCUT2D eigenvalue weighted by Crippen LogP contribution is 2.18. The van der Waals surface area contributed by atoms with Crippen LogP contribution in [0.1, 0.15) is 25.8 Å². The quantitative estimate of drug-likeness (QED) is 0.634. The maximum atomic E-state index is 11.6. The van der Waals surface area contributed by atoms with E-state index in [0.717, 1.165) is 5.56 Å². The molecular weight excluding hydrogens is 284 g/mol. The summed E-state index contributed by atoms with van der Waals surface area (Å²) in [5.74, 6) is -0.154. The summed E-state index contributed by atoms with van der Waals surface area (Å²) in [6, 6.07) is 9.39. The molecular formula is C16H24N2O4. The Balaban J connectivity index is 2.11. The molecule has 0 saturated carbocycles. The fourth-order valence-corrected chi connectivity index (χ4v) is 1.69. The van der Waals surface area contributed by atoms with Crippen molar-refractivity contribution in [1.29, 1.82) is 0 Å². The van der Waals surface area contributed by atoms with Gasteiger partial charge in [-0.1, -0.05) is 44.2 Å². The molecule has 0 spiro atoms. The fourth-order valence-electron chi connectivity index (χ4n) is 1.69. The van der Waals surface area contributed by atoms with Crippen LogP contribution in [0.5, 0.6) is 0 Å². The van der Waals surface area contributed by atoms with Crippen LogP contribution in [-0.4, -0.2) is 36.8 Å². The Morgan fingerprint density at radius 1 is 1.14 bits per heavy atom. The summed E-state index contributed by atoms with van der Waals surface area (Å²) in [6.45, 7) is 4.39. The molecule has 22 heavy (non-hydrogen) atoms. The van der Waals surface area contributed by atoms with Gasteiger partial charge in [0.05, 0.1) is 0 Å². The van der Waals surface area contributed by atoms with Crippen LogP contribution in [0.25, 0.3) is 0 Å². The predicted octanol–water partition coefficient (Wildman–Crippen LogP) is 1.44. The Labute approximate surface area is 130 Å². The molecule has 0 radical (unpaired) electrons. The monoisotopic (exact) mass is 308 g/mol. The van der Waals surface area contributed by atoms with Crippen LogP contribution < -0.4 is 10.6 Å². The number of aliphatic hydroxyl groups excluding tert-OH is 1. The predicted molar refractivity (Wildman–Crippen MR) is 83.1 cm³/mol. The first kappa shape index (κ1) is 18.0. The van der Waals surface area contributed by atoms with Crippen molar-refractivity contribution in [3.63, 3.8) is 0 Å². The zero-order valence-corrected chi connectivity index (χ0v) is 13.1. The number of benzene rings is 1. The van der Waals surface area contributed by atoms with Crippen LogP contribution in [0.4, 0.5) is 4.79 Å². The number of rotatable bonds is 8. The van der Waals surface area contributed by atoms with Gasteiger partial charge in [0.1, 0.15) is 6.61 Å². The Morgan fingerprint density at radius 3 is 2.41 bits per heavy atom. The Bertz CT molecular complexity index is 474. The highest BCUT2D eigenvalue weighted by atomic mass is 16.5. The number of amides is 2. The van der Waals surface area contributed by atoms with Crippen molar-refractivity contribution in [2.75, 3.05) is 19.7 Å². The number of alkyl carbamates (subject to hydrolysis) is 1. The van der Waals surface area contributed by atoms with E-state index in [-0.39, 0.29) is 25.5 Å². The Hall–Kier alpha value is -2.08. The van der Waals surface area contributed by atoms with Crippen molar-refractivity contribution in [3.8, 4) is 0 Å². The fraction of sp³-hybridized carbons (Fsp3) is 0.500. The molecule has 0 aliphatic heterocycles. The van der Waals surface area contributed by atoms with Crippen LogP contribution in [0, 0.1) is 5.41 Å². The third-order valence-corrected chi connectivity index (χ3v) is 3.00. The van der Waals surface area contributed by atoms with Gasteiger partial charge in [-0.05, 0) is 11.0 Å². The summed E-state index contributed by atoms with van der Waals surface area (Å²) in [6.07, 6.45) is -0.282. The van der Waals surface area contributed by atoms with E-state index in [0.29, 0.717) is 13.1 Å². The summed E-state index contributed by atoms with van der Waals surface area (Å²) in [7, 11) is 0. The second kappa shape index (κ2) is 9.04. The SMILES string of the molecule is CC(C)(CO)CC(=O)NCCNC(=O)OCc1ccccc1. The van der Waals surface area contributed by atoms with Crippen LogP contribution in [0.3, 0.4) is 0 Å². The van der Waals surface area contributed by atoms with Crippen molar-refractivity contribution in [2.45, 2.75) is 26.9 Å². The van der Waals surface area contributed by atoms with Crippen LogP contribution in [0.15, 0.2) is 30.3 Å². The van der Waals surface area contributed by atoms with Gasteiger partial charge in [0, 0.05) is 26.1 Å². The molecule has 0 saturated heterocycles. The number of carbonyl (C=O) groups is 2. The molecule has 0 heterocycles. The molecule has 0 bridgehead atoms. The minimum absolute atomic E-state index is 0.0511. The van der Waals surface area contributed by atoms with E-state index in [2.05, 4.69) is 10.6 Å². The molecule has 6 heteroatoms. The van der Waals surface area contributed by atoms with Gasteiger partial charge >= 0.3 is 6.09 Å². The minimum Gasteiger partial charge on any atom is -0.445 e. The lowest BCUT2D eigenvalue weighted by Gasteiger charge is -2.20. The second-order valence-electron chi connectivity index (χ2n) is 5.84. The summed E-state index contributed by atoms with van der Waals surface area (Å²) in [4.78, 5) is 23.1. The molecule has 0 unspecified atom stereocenters. The maximum Gasteiger partial charge on any atom is 0.407 e. The Kier molecular flexibility index (Phi) is 7.39. The maximum absolute atomic E-state index is 11.6. The third-order valence-electron chi connectivity index (χ3n) is 3.00. The van der Waals surface area contributed by atoms with Gasteiger partial charge in [-0.2, -0.15) is 0 Å². The molecule has 0 aromatic heterocycles. The molecule has 2 amide bonds. The van der Waals surface area contributed by atoms with Gasteiger partial charge in [0.15, 0.2) is 0 Å². The molecule has 1 aromatic rings. The van der Waals surface area contributed by atoms with Crippen molar-refractivity contribution >= 4 is 12.0 Å². The van der Waals surface area contributed by atoms with E-state index in [1.807, 2.05) is 44.2 Å². The van der Waals surface area contributed by atoms with Crippen LogP contribution >= 0.6 is 0 Å². The van der Waals surface area contributed by atoms with Crippen molar-refractivity contribution in [2.24, 2.45) is 5.41 Å². The number of nitrogens with one attached hydrogen (secondary N) is 2. The van der Waals surface area contributed by atoms with Gasteiger partial charge in [0.25, 0.3) is 0 Å². The average Bonchev–Trinajstić information content (AvgIpc) is 2.50. The molecule has 1 rings (SSSR count). The molecule has 0 aliphatic carbocycles. The number of hydrogen-bond acceptors (Lipinski definition) is 4. The first-order valence-electron chi connectivity index (χ1n) is 7.25. The lowest BCUT2D eigenvalue weighted by atomic mass is 9.90. The summed E-state index contributed by atoms with van der Waals surface area (Å²) >= 11 is 0. The molecule has 0 aliphatic rings. The molecule has 6 nitrogen and oxygen atoms in total. The van der Waals surface area contributed by atoms with Gasteiger partial charge in [-0.25, -0.2) is 4.79 Å². The van der Waals surface area contributed by atoms with Gasteiger partial charge in [-0.3, -0.25) is 4.79 Å². The van der Waals surface area contributed by atoms with Crippen molar-refractivity contribution in [3.05, 3.63) is 35.9 Å². The topological polar surface area (TPSA) is 87.7 Å². The van der Waals surface area contributed by atoms with Gasteiger partial charge in [-0.15, -0.1) is 0 Å². The van der Waals surface area contributed by atoms with E-state index in [1.54, 1.807) is 0 Å². The Morgan fingerprint density at radius 2 is 1.77 bits per heavy atom. The smallest absolute Gasteiger partial charge is 0.407 e. The standard InChI is InChI=1S/C16H24N2O4/c1-16(2,12-19)10-14(20)17-8-9-18-15(21)22-11-13-6-4-3-5-7-13/h3-7,19H,8-12H2,1-2H3,(H,17,20)(H,18,21). The summed E-state index contributed by atoms with van der Waals surface area (Å²) in [5.41, 5.74) is 0.476. The lowest BCUT2D eigenvalue weighted by Crippen LogP contribution is -2.37. The summed E-state index contributed by atoms with van der Waals surface area (Å²) in [5, 5.41) is 14.3. The largest absolute Gasteiger partial charge is 0.445 e. The number of aliphatic hydroxyl groups is 1. The highest BCUT2D eigenvalue weighted by Gasteiger charge is 2.20. The van der Waals surface area contributed by atoms with Gasteiger partial charge < -0.3 is 20.5 Å². The second-order valence-corrected chi connectivity index (χ2v) is 5.84. The normalized spacial score (nSPS) is 10.9. The van der Waals surface area contributed by atoms with Crippen molar-refractivity contribution in [1.82, 2.24) is 10.6 Å². The number of carbonyl (C=O) groups excluding carboxylic acids is 2. The summed E-state index contributed by atoms with van der Waals surface area (Å²) < 4.78 is 5.04. The molecule has 3 N–H and O–H groups in total. The first-order valence-corrected chi connectivity index (χ1v) is 7.25. The average molecular weight is 308 g/mol. The lowest BCUT2D eigenvalue weighted by molar-refractivity contribution is -0.123.